The fourth-order valence-corrected chi connectivity index (χ4v) is 5.35. The first kappa shape index (κ1) is 25.3. The number of urea groups is 1. The fourth-order valence-electron chi connectivity index (χ4n) is 5.35. The maximum Gasteiger partial charge on any atom is 0.323 e. The number of carbonyl (C=O) groups is 1. The molecule has 0 saturated heterocycles. The number of anilines is 1. The number of para-hydroxylation sites is 3. The average Bonchev–Trinajstić information content (AvgIpc) is 3.55. The Bertz CT molecular complexity index is 1640. The van der Waals surface area contributed by atoms with Crippen LogP contribution in [0.25, 0.3) is 11.5 Å². The second-order valence-electron chi connectivity index (χ2n) is 9.60. The van der Waals surface area contributed by atoms with Crippen LogP contribution in [-0.4, -0.2) is 39.0 Å². The molecule has 202 valence electrons. The standard InChI is InChI=1S/C32H31N5O3/c1-4-40-25-18-16-23(17-19-25)30-28-14-10-20-35(28)31-26(22(2)34-37(31)24-11-6-5-7-12-24)21-36(30)32(38)33-27-13-8-9-15-29(27)39-3/h5-20,30H,4,21H2,1-3H3,(H,33,38)/t30-/m0/s1. The lowest BCUT2D eigenvalue weighted by molar-refractivity contribution is 0.194. The molecule has 1 aliphatic rings. The van der Waals surface area contributed by atoms with Gasteiger partial charge < -0.3 is 24.3 Å². The number of hydrogen-bond acceptors (Lipinski definition) is 4. The summed E-state index contributed by atoms with van der Waals surface area (Å²) in [6, 6.07) is 28.9. The van der Waals surface area contributed by atoms with Gasteiger partial charge in [-0.05, 0) is 67.9 Å². The molecule has 3 heterocycles. The lowest BCUT2D eigenvalue weighted by atomic mass is 10.0. The van der Waals surface area contributed by atoms with E-state index in [4.69, 9.17) is 14.6 Å². The van der Waals surface area contributed by atoms with Crippen LogP contribution in [0, 0.1) is 6.92 Å². The zero-order valence-electron chi connectivity index (χ0n) is 22.7. The van der Waals surface area contributed by atoms with E-state index in [1.165, 1.54) is 0 Å². The van der Waals surface area contributed by atoms with Gasteiger partial charge in [0, 0.05) is 11.8 Å². The van der Waals surface area contributed by atoms with E-state index >= 15 is 0 Å². The summed E-state index contributed by atoms with van der Waals surface area (Å²) in [5.41, 5.74) is 5.33. The summed E-state index contributed by atoms with van der Waals surface area (Å²) in [5, 5.41) is 8.02. The average molecular weight is 534 g/mol. The molecule has 0 saturated carbocycles. The molecule has 1 atom stereocenters. The van der Waals surface area contributed by atoms with Crippen LogP contribution in [0.15, 0.2) is 97.2 Å². The number of aromatic nitrogens is 3. The molecule has 0 aliphatic carbocycles. The Labute approximate surface area is 233 Å². The van der Waals surface area contributed by atoms with Crippen molar-refractivity contribution in [3.05, 3.63) is 120 Å². The van der Waals surface area contributed by atoms with Crippen molar-refractivity contribution in [3.8, 4) is 23.0 Å². The van der Waals surface area contributed by atoms with Gasteiger partial charge in [0.1, 0.15) is 17.3 Å². The summed E-state index contributed by atoms with van der Waals surface area (Å²) >= 11 is 0. The Morgan fingerprint density at radius 2 is 1.73 bits per heavy atom. The molecule has 40 heavy (non-hydrogen) atoms. The molecule has 3 aromatic carbocycles. The van der Waals surface area contributed by atoms with E-state index in [0.29, 0.717) is 24.6 Å². The number of amides is 2. The van der Waals surface area contributed by atoms with Gasteiger partial charge in [-0.3, -0.25) is 0 Å². The van der Waals surface area contributed by atoms with Gasteiger partial charge in [-0.1, -0.05) is 42.5 Å². The highest BCUT2D eigenvalue weighted by molar-refractivity contribution is 5.91. The smallest absolute Gasteiger partial charge is 0.323 e. The summed E-state index contributed by atoms with van der Waals surface area (Å²) in [5.74, 6) is 2.31. The first-order valence-electron chi connectivity index (χ1n) is 13.3. The number of nitrogens with zero attached hydrogens (tertiary/aromatic N) is 4. The van der Waals surface area contributed by atoms with Crippen LogP contribution < -0.4 is 14.8 Å². The lowest BCUT2D eigenvalue weighted by Gasteiger charge is -2.31. The van der Waals surface area contributed by atoms with E-state index < -0.39 is 0 Å². The van der Waals surface area contributed by atoms with E-state index in [1.54, 1.807) is 7.11 Å². The Hall–Kier alpha value is -4.98. The zero-order valence-corrected chi connectivity index (χ0v) is 22.7. The number of nitrogens with one attached hydrogen (secondary N) is 1. The van der Waals surface area contributed by atoms with Crippen molar-refractivity contribution in [1.82, 2.24) is 19.2 Å². The minimum absolute atomic E-state index is 0.240. The maximum absolute atomic E-state index is 14.2. The third-order valence-corrected chi connectivity index (χ3v) is 7.20. The SMILES string of the molecule is CCOc1ccc([C@H]2c3cccn3-c3c(c(C)nn3-c3ccccc3)CN2C(=O)Nc2ccccc2OC)cc1. The lowest BCUT2D eigenvalue weighted by Crippen LogP contribution is -2.38. The van der Waals surface area contributed by atoms with Crippen molar-refractivity contribution >= 4 is 11.7 Å². The summed E-state index contributed by atoms with van der Waals surface area (Å²) < 4.78 is 15.3. The van der Waals surface area contributed by atoms with E-state index in [9.17, 15) is 4.79 Å². The largest absolute Gasteiger partial charge is 0.495 e. The second kappa shape index (κ2) is 10.6. The number of ether oxygens (including phenoxy) is 2. The van der Waals surface area contributed by atoms with Gasteiger partial charge in [-0.2, -0.15) is 5.10 Å². The molecule has 1 N–H and O–H groups in total. The minimum atomic E-state index is -0.378. The van der Waals surface area contributed by atoms with Gasteiger partial charge in [0.15, 0.2) is 0 Å². The molecule has 8 nitrogen and oxygen atoms in total. The van der Waals surface area contributed by atoms with Gasteiger partial charge in [-0.25, -0.2) is 9.48 Å². The first-order valence-corrected chi connectivity index (χ1v) is 13.3. The molecule has 2 aromatic heterocycles. The molecule has 0 bridgehead atoms. The van der Waals surface area contributed by atoms with E-state index in [0.717, 1.165) is 39.8 Å². The molecular weight excluding hydrogens is 502 g/mol. The van der Waals surface area contributed by atoms with Crippen molar-refractivity contribution < 1.29 is 14.3 Å². The minimum Gasteiger partial charge on any atom is -0.495 e. The number of benzene rings is 3. The number of aryl methyl sites for hydroxylation is 1. The molecular formula is C32H31N5O3. The van der Waals surface area contributed by atoms with Crippen molar-refractivity contribution in [2.75, 3.05) is 19.0 Å². The van der Waals surface area contributed by atoms with Crippen LogP contribution in [0.1, 0.15) is 35.5 Å². The van der Waals surface area contributed by atoms with Crippen LogP contribution in [0.5, 0.6) is 11.5 Å². The third kappa shape index (κ3) is 4.47. The van der Waals surface area contributed by atoms with Gasteiger partial charge in [0.25, 0.3) is 0 Å². The second-order valence-corrected chi connectivity index (χ2v) is 9.60. The maximum atomic E-state index is 14.2. The number of carbonyl (C=O) groups excluding carboxylic acids is 1. The van der Waals surface area contributed by atoms with Crippen molar-refractivity contribution in [3.63, 3.8) is 0 Å². The van der Waals surface area contributed by atoms with Crippen LogP contribution in [0.4, 0.5) is 10.5 Å². The van der Waals surface area contributed by atoms with Crippen LogP contribution in [0.3, 0.4) is 0 Å². The van der Waals surface area contributed by atoms with Crippen molar-refractivity contribution in [2.45, 2.75) is 26.4 Å². The Balaban J connectivity index is 1.51. The molecule has 5 aromatic rings. The van der Waals surface area contributed by atoms with Crippen LogP contribution in [-0.2, 0) is 6.54 Å². The highest BCUT2D eigenvalue weighted by atomic mass is 16.5. The van der Waals surface area contributed by atoms with Gasteiger partial charge in [0.2, 0.25) is 0 Å². The van der Waals surface area contributed by atoms with Gasteiger partial charge in [0.05, 0.1) is 49.1 Å². The monoisotopic (exact) mass is 533 g/mol. The molecule has 8 heteroatoms. The van der Waals surface area contributed by atoms with Crippen molar-refractivity contribution in [2.24, 2.45) is 0 Å². The topological polar surface area (TPSA) is 73.5 Å². The Kier molecular flexibility index (Phi) is 6.74. The summed E-state index contributed by atoms with van der Waals surface area (Å²) in [7, 11) is 1.60. The van der Waals surface area contributed by atoms with Crippen LogP contribution in [0.2, 0.25) is 0 Å². The summed E-state index contributed by atoms with van der Waals surface area (Å²) in [6.45, 7) is 4.90. The number of hydrogen-bond donors (Lipinski definition) is 1. The summed E-state index contributed by atoms with van der Waals surface area (Å²) in [4.78, 5) is 16.0. The Morgan fingerprint density at radius 1 is 0.975 bits per heavy atom. The van der Waals surface area contributed by atoms with Crippen molar-refractivity contribution in [1.29, 1.82) is 0 Å². The molecule has 0 radical (unpaired) electrons. The molecule has 0 fully saturated rings. The predicted molar refractivity (Wildman–Crippen MR) is 155 cm³/mol. The zero-order chi connectivity index (χ0) is 27.6. The van der Waals surface area contributed by atoms with E-state index in [2.05, 4.69) is 16.0 Å². The van der Waals surface area contributed by atoms with Gasteiger partial charge >= 0.3 is 6.03 Å². The molecule has 0 unspecified atom stereocenters. The summed E-state index contributed by atoms with van der Waals surface area (Å²) in [6.07, 6.45) is 2.04. The number of methoxy groups -OCH3 is 1. The normalized spacial score (nSPS) is 14.2. The molecule has 0 spiro atoms. The predicted octanol–water partition coefficient (Wildman–Crippen LogP) is 6.52. The first-order chi connectivity index (χ1) is 19.6. The fraction of sp³-hybridized carbons (Fsp3) is 0.188. The van der Waals surface area contributed by atoms with Gasteiger partial charge in [-0.15, -0.1) is 0 Å². The molecule has 6 rings (SSSR count). The number of rotatable bonds is 6. The highest BCUT2D eigenvalue weighted by Gasteiger charge is 2.36. The third-order valence-electron chi connectivity index (χ3n) is 7.20. The Morgan fingerprint density at radius 3 is 2.48 bits per heavy atom. The van der Waals surface area contributed by atoms with E-state index in [-0.39, 0.29) is 12.1 Å². The molecule has 2 amide bonds. The van der Waals surface area contributed by atoms with E-state index in [1.807, 2.05) is 115 Å². The quantitative estimate of drug-likeness (QED) is 0.270. The van der Waals surface area contributed by atoms with Crippen LogP contribution >= 0.6 is 0 Å². The molecule has 1 aliphatic heterocycles. The highest BCUT2D eigenvalue weighted by Crippen LogP contribution is 2.39. The number of fused-ring (bicyclic) bond motifs is 3.